The van der Waals surface area contributed by atoms with Crippen molar-refractivity contribution in [1.82, 2.24) is 0 Å². The minimum absolute atomic E-state index is 0.190. The molecule has 1 saturated heterocycles. The Morgan fingerprint density at radius 1 is 1.29 bits per heavy atom. The molecule has 0 saturated carbocycles. The first-order valence-electron chi connectivity index (χ1n) is 5.73. The van der Waals surface area contributed by atoms with Crippen LogP contribution in [0.25, 0.3) is 0 Å². The Morgan fingerprint density at radius 3 is 2.79 bits per heavy atom. The van der Waals surface area contributed by atoms with Crippen molar-refractivity contribution < 1.29 is 0 Å². The quantitative estimate of drug-likeness (QED) is 0.660. The molecule has 0 nitrogen and oxygen atoms in total. The second kappa shape index (κ2) is 4.94. The molecule has 2 rings (SSSR count). The van der Waals surface area contributed by atoms with E-state index < -0.39 is 0 Å². The molecule has 1 aromatic carbocycles. The Labute approximate surface area is 88.5 Å². The highest BCUT2D eigenvalue weighted by molar-refractivity contribution is 7.66. The van der Waals surface area contributed by atoms with Gasteiger partial charge in [-0.2, -0.15) is 0 Å². The molecule has 1 heteroatoms. The first-order valence-corrected chi connectivity index (χ1v) is 7.33. The molecule has 0 N–H and O–H groups in total. The average Bonchev–Trinajstić information content (AvgIpc) is 2.68. The first-order chi connectivity index (χ1) is 6.92. The molecule has 1 aliphatic heterocycles. The largest absolute Gasteiger partial charge is 0.0721 e. The van der Waals surface area contributed by atoms with Gasteiger partial charge in [0.15, 0.2) is 0 Å². The maximum atomic E-state index is 2.33. The van der Waals surface area contributed by atoms with Gasteiger partial charge in [-0.25, -0.2) is 0 Å². The molecule has 0 bridgehead atoms. The van der Waals surface area contributed by atoms with Crippen molar-refractivity contribution in [3.8, 4) is 0 Å². The van der Waals surface area contributed by atoms with Crippen LogP contribution in [0.2, 0.25) is 0 Å². The van der Waals surface area contributed by atoms with E-state index in [9.17, 15) is 0 Å². The van der Waals surface area contributed by atoms with Crippen LogP contribution >= 0.6 is 7.92 Å². The predicted molar refractivity (Wildman–Crippen MR) is 65.8 cm³/mol. The lowest BCUT2D eigenvalue weighted by Gasteiger charge is -2.19. The molecule has 76 valence electrons. The summed E-state index contributed by atoms with van der Waals surface area (Å²) in [5, 5.41) is 1.64. The van der Waals surface area contributed by atoms with Crippen LogP contribution in [0.15, 0.2) is 30.3 Å². The van der Waals surface area contributed by atoms with Crippen molar-refractivity contribution in [2.24, 2.45) is 0 Å². The van der Waals surface area contributed by atoms with E-state index in [1.807, 2.05) is 0 Å². The Morgan fingerprint density at radius 2 is 2.07 bits per heavy atom. The molecule has 0 radical (unpaired) electrons. The number of hydrogen-bond donors (Lipinski definition) is 0. The monoisotopic (exact) mass is 206 g/mol. The molecule has 1 unspecified atom stereocenters. The lowest BCUT2D eigenvalue weighted by molar-refractivity contribution is 0.699. The van der Waals surface area contributed by atoms with Crippen molar-refractivity contribution in [3.63, 3.8) is 0 Å². The third-order valence-electron chi connectivity index (χ3n) is 3.09. The third kappa shape index (κ3) is 2.17. The topological polar surface area (TPSA) is 0 Å². The minimum atomic E-state index is 0.190. The number of rotatable bonds is 3. The van der Waals surface area contributed by atoms with Gasteiger partial charge in [0.1, 0.15) is 0 Å². The van der Waals surface area contributed by atoms with Crippen LogP contribution in [-0.2, 0) is 0 Å². The van der Waals surface area contributed by atoms with Gasteiger partial charge >= 0.3 is 0 Å². The van der Waals surface area contributed by atoms with Gasteiger partial charge in [0.05, 0.1) is 0 Å². The van der Waals surface area contributed by atoms with E-state index in [0.29, 0.717) is 0 Å². The van der Waals surface area contributed by atoms with Gasteiger partial charge in [-0.15, -0.1) is 0 Å². The smallest absolute Gasteiger partial charge is 0.0169 e. The summed E-state index contributed by atoms with van der Waals surface area (Å²) in [7, 11) is 0.190. The Balaban J connectivity index is 2.10. The zero-order valence-corrected chi connectivity index (χ0v) is 9.84. The van der Waals surface area contributed by atoms with E-state index in [2.05, 4.69) is 37.3 Å². The summed E-state index contributed by atoms with van der Waals surface area (Å²) in [6.45, 7) is 2.32. The van der Waals surface area contributed by atoms with E-state index in [0.717, 1.165) is 5.66 Å². The summed E-state index contributed by atoms with van der Waals surface area (Å²) in [6.07, 6.45) is 7.22. The van der Waals surface area contributed by atoms with E-state index >= 15 is 0 Å². The molecule has 0 amide bonds. The predicted octanol–water partition coefficient (Wildman–Crippen LogP) is 3.76. The normalized spacial score (nSPS) is 26.6. The lowest BCUT2D eigenvalue weighted by Crippen LogP contribution is -2.09. The van der Waals surface area contributed by atoms with Crippen LogP contribution in [0.5, 0.6) is 0 Å². The molecule has 14 heavy (non-hydrogen) atoms. The fraction of sp³-hybridized carbons (Fsp3) is 0.538. The SMILES string of the molecule is CCC[C@H]1CCCP1c1ccccc1. The Hall–Kier alpha value is -0.350. The molecule has 0 spiro atoms. The van der Waals surface area contributed by atoms with Gasteiger partial charge in [0.25, 0.3) is 0 Å². The van der Waals surface area contributed by atoms with Crippen molar-refractivity contribution in [2.45, 2.75) is 38.3 Å². The van der Waals surface area contributed by atoms with Gasteiger partial charge in [-0.05, 0) is 36.4 Å². The van der Waals surface area contributed by atoms with Gasteiger partial charge in [-0.1, -0.05) is 51.6 Å². The molecule has 0 aliphatic carbocycles. The Bertz CT molecular complexity index is 268. The van der Waals surface area contributed by atoms with Crippen molar-refractivity contribution in [1.29, 1.82) is 0 Å². The highest BCUT2D eigenvalue weighted by atomic mass is 31.1. The standard InChI is InChI=1S/C13H19P/c1-2-7-12-10-6-11-14(12)13-8-4-3-5-9-13/h3-5,8-9,12H,2,6-7,10-11H2,1H3/t12-,14?/m0/s1. The van der Waals surface area contributed by atoms with Gasteiger partial charge in [0.2, 0.25) is 0 Å². The molecule has 1 aliphatic rings. The maximum Gasteiger partial charge on any atom is -0.0169 e. The van der Waals surface area contributed by atoms with Crippen molar-refractivity contribution in [3.05, 3.63) is 30.3 Å². The van der Waals surface area contributed by atoms with E-state index in [-0.39, 0.29) is 7.92 Å². The molecule has 1 heterocycles. The van der Waals surface area contributed by atoms with Crippen LogP contribution < -0.4 is 5.30 Å². The summed E-state index contributed by atoms with van der Waals surface area (Å²) in [4.78, 5) is 0. The van der Waals surface area contributed by atoms with Crippen molar-refractivity contribution >= 4 is 13.2 Å². The molecule has 1 aromatic rings. The lowest BCUT2D eigenvalue weighted by atomic mass is 10.2. The number of benzene rings is 1. The van der Waals surface area contributed by atoms with Crippen LogP contribution in [0, 0.1) is 0 Å². The minimum Gasteiger partial charge on any atom is -0.0721 e. The van der Waals surface area contributed by atoms with E-state index in [1.54, 1.807) is 5.30 Å². The molecule has 1 fully saturated rings. The first kappa shape index (κ1) is 10.2. The highest BCUT2D eigenvalue weighted by Crippen LogP contribution is 2.50. The summed E-state index contributed by atoms with van der Waals surface area (Å²) in [5.41, 5.74) is 1.03. The molecule has 0 aromatic heterocycles. The highest BCUT2D eigenvalue weighted by Gasteiger charge is 2.26. The maximum absolute atomic E-state index is 2.33. The summed E-state index contributed by atoms with van der Waals surface area (Å²) >= 11 is 0. The van der Waals surface area contributed by atoms with Gasteiger partial charge in [-0.3, -0.25) is 0 Å². The van der Waals surface area contributed by atoms with Crippen LogP contribution in [0.4, 0.5) is 0 Å². The fourth-order valence-electron chi connectivity index (χ4n) is 2.43. The number of hydrogen-bond acceptors (Lipinski definition) is 0. The second-order valence-electron chi connectivity index (χ2n) is 4.11. The zero-order valence-electron chi connectivity index (χ0n) is 8.95. The van der Waals surface area contributed by atoms with Crippen LogP contribution in [-0.4, -0.2) is 11.8 Å². The second-order valence-corrected chi connectivity index (χ2v) is 6.75. The summed E-state index contributed by atoms with van der Waals surface area (Å²) < 4.78 is 0. The molecular weight excluding hydrogens is 187 g/mol. The van der Waals surface area contributed by atoms with Crippen LogP contribution in [0.3, 0.4) is 0 Å². The van der Waals surface area contributed by atoms with E-state index in [1.165, 1.54) is 31.8 Å². The van der Waals surface area contributed by atoms with Gasteiger partial charge < -0.3 is 0 Å². The van der Waals surface area contributed by atoms with E-state index in [4.69, 9.17) is 0 Å². The molecular formula is C13H19P. The average molecular weight is 206 g/mol. The molecule has 2 atom stereocenters. The Kier molecular flexibility index (Phi) is 3.59. The van der Waals surface area contributed by atoms with Crippen LogP contribution in [0.1, 0.15) is 32.6 Å². The summed E-state index contributed by atoms with van der Waals surface area (Å²) in [6, 6.07) is 11.2. The summed E-state index contributed by atoms with van der Waals surface area (Å²) in [5.74, 6) is 0. The van der Waals surface area contributed by atoms with Crippen molar-refractivity contribution in [2.75, 3.05) is 6.16 Å². The third-order valence-corrected chi connectivity index (χ3v) is 6.24. The van der Waals surface area contributed by atoms with Gasteiger partial charge in [0, 0.05) is 0 Å². The zero-order chi connectivity index (χ0) is 9.80. The fourth-order valence-corrected chi connectivity index (χ4v) is 5.62.